The van der Waals surface area contributed by atoms with Crippen molar-refractivity contribution < 1.29 is 4.57 Å². The van der Waals surface area contributed by atoms with Crippen LogP contribution in [-0.4, -0.2) is 9.97 Å². The minimum absolute atomic E-state index is 0.612. The Kier molecular flexibility index (Phi) is 5.38. The fourth-order valence-corrected chi connectivity index (χ4v) is 4.17. The number of aromatic nitrogens is 3. The van der Waals surface area contributed by atoms with E-state index in [1.807, 2.05) is 12.5 Å². The van der Waals surface area contributed by atoms with Crippen molar-refractivity contribution in [1.29, 1.82) is 0 Å². The molecular weight excluding hydrogens is 366 g/mol. The highest BCUT2D eigenvalue weighted by molar-refractivity contribution is 5.94. The first-order chi connectivity index (χ1) is 14.3. The molecule has 0 saturated heterocycles. The number of pyridine rings is 1. The molecule has 0 N–H and O–H groups in total. The number of rotatable bonds is 4. The Morgan fingerprint density at radius 3 is 2.37 bits per heavy atom. The predicted molar refractivity (Wildman–Crippen MR) is 124 cm³/mol. The minimum atomic E-state index is 0.612. The monoisotopic (exact) mass is 396 g/mol. The summed E-state index contributed by atoms with van der Waals surface area (Å²) in [6.45, 7) is 11.0. The number of aryl methyl sites for hydroxylation is 3. The molecule has 0 amide bonds. The number of fused-ring (bicyclic) bond motifs is 1. The molecular formula is C27H30N3+. The molecule has 0 radical (unpaired) electrons. The standard InChI is InChI=1S/C27H30N3/c1-17(2)11-23-9-7-22(15-28-23)21-8-10-24-26(14-21)29-16-30(6)27(24)25-13-18(3)12-19(4)20(25)5/h7-10,12-17H,11H2,1-6H3/q+1. The van der Waals surface area contributed by atoms with Crippen LogP contribution in [0.3, 0.4) is 0 Å². The van der Waals surface area contributed by atoms with Gasteiger partial charge in [-0.3, -0.25) is 4.98 Å². The van der Waals surface area contributed by atoms with Gasteiger partial charge in [-0.2, -0.15) is 0 Å². The van der Waals surface area contributed by atoms with E-state index in [9.17, 15) is 0 Å². The van der Waals surface area contributed by atoms with E-state index in [1.165, 1.54) is 33.3 Å². The molecule has 0 bridgehead atoms. The Morgan fingerprint density at radius 1 is 0.900 bits per heavy atom. The molecule has 2 aromatic heterocycles. The largest absolute Gasteiger partial charge is 0.287 e. The molecule has 3 nitrogen and oxygen atoms in total. The molecule has 0 aliphatic heterocycles. The Balaban J connectivity index is 1.82. The van der Waals surface area contributed by atoms with Gasteiger partial charge in [0.05, 0.1) is 12.4 Å². The predicted octanol–water partition coefficient (Wildman–Crippen LogP) is 5.91. The van der Waals surface area contributed by atoms with Gasteiger partial charge < -0.3 is 0 Å². The summed E-state index contributed by atoms with van der Waals surface area (Å²) >= 11 is 0. The third kappa shape index (κ3) is 3.85. The van der Waals surface area contributed by atoms with Crippen molar-refractivity contribution >= 4 is 10.9 Å². The SMILES string of the molecule is Cc1cc(C)c(C)c(-c2c3ccc(-c4ccc(CC(C)C)nc4)cc3nc[n+]2C)c1. The van der Waals surface area contributed by atoms with Crippen LogP contribution in [0.15, 0.2) is 55.0 Å². The van der Waals surface area contributed by atoms with E-state index < -0.39 is 0 Å². The van der Waals surface area contributed by atoms with Crippen molar-refractivity contribution in [3.63, 3.8) is 0 Å². The topological polar surface area (TPSA) is 29.7 Å². The van der Waals surface area contributed by atoms with E-state index in [2.05, 4.69) is 93.7 Å². The first kappa shape index (κ1) is 20.2. The number of hydrogen-bond acceptors (Lipinski definition) is 2. The summed E-state index contributed by atoms with van der Waals surface area (Å²) in [4.78, 5) is 9.39. The molecule has 4 rings (SSSR count). The highest BCUT2D eigenvalue weighted by Crippen LogP contribution is 2.31. The normalized spacial score (nSPS) is 11.4. The van der Waals surface area contributed by atoms with Gasteiger partial charge in [0.1, 0.15) is 5.69 Å². The Hall–Kier alpha value is -3.07. The maximum atomic E-state index is 4.73. The van der Waals surface area contributed by atoms with Crippen LogP contribution in [0, 0.1) is 26.7 Å². The van der Waals surface area contributed by atoms with Gasteiger partial charge in [-0.15, -0.1) is 0 Å². The highest BCUT2D eigenvalue weighted by Gasteiger charge is 2.18. The van der Waals surface area contributed by atoms with Gasteiger partial charge in [0.15, 0.2) is 5.52 Å². The zero-order valence-corrected chi connectivity index (χ0v) is 18.8. The van der Waals surface area contributed by atoms with E-state index >= 15 is 0 Å². The second-order valence-electron chi connectivity index (χ2n) is 8.83. The Morgan fingerprint density at radius 2 is 1.67 bits per heavy atom. The summed E-state index contributed by atoms with van der Waals surface area (Å²) in [6, 6.07) is 15.4. The molecule has 0 atom stereocenters. The van der Waals surface area contributed by atoms with Crippen LogP contribution >= 0.6 is 0 Å². The van der Waals surface area contributed by atoms with E-state index in [0.29, 0.717) is 5.92 Å². The summed E-state index contributed by atoms with van der Waals surface area (Å²) in [6.07, 6.45) is 4.91. The van der Waals surface area contributed by atoms with Crippen LogP contribution in [0.1, 0.15) is 36.2 Å². The van der Waals surface area contributed by atoms with Gasteiger partial charge >= 0.3 is 0 Å². The minimum Gasteiger partial charge on any atom is -0.261 e. The molecule has 30 heavy (non-hydrogen) atoms. The second kappa shape index (κ2) is 7.98. The van der Waals surface area contributed by atoms with Gasteiger partial charge in [0.25, 0.3) is 6.33 Å². The molecule has 0 saturated carbocycles. The average Bonchev–Trinajstić information content (AvgIpc) is 2.71. The first-order valence-electron chi connectivity index (χ1n) is 10.7. The lowest BCUT2D eigenvalue weighted by atomic mass is 9.95. The third-order valence-corrected chi connectivity index (χ3v) is 5.82. The molecule has 2 heterocycles. The summed E-state index contributed by atoms with van der Waals surface area (Å²) in [5.41, 5.74) is 10.8. The van der Waals surface area contributed by atoms with Crippen molar-refractivity contribution in [3.05, 3.63) is 77.4 Å². The van der Waals surface area contributed by atoms with Gasteiger partial charge in [-0.05, 0) is 79.0 Å². The van der Waals surface area contributed by atoms with Crippen LogP contribution in [0.4, 0.5) is 0 Å². The quantitative estimate of drug-likeness (QED) is 0.401. The van der Waals surface area contributed by atoms with Crippen molar-refractivity contribution in [2.24, 2.45) is 13.0 Å². The van der Waals surface area contributed by atoms with E-state index in [0.717, 1.165) is 28.8 Å². The van der Waals surface area contributed by atoms with Crippen LogP contribution < -0.4 is 4.57 Å². The number of benzene rings is 2. The molecule has 2 aromatic carbocycles. The molecule has 0 spiro atoms. The van der Waals surface area contributed by atoms with Crippen LogP contribution in [-0.2, 0) is 13.5 Å². The summed E-state index contributed by atoms with van der Waals surface area (Å²) in [5, 5.41) is 1.17. The molecule has 152 valence electrons. The fourth-order valence-electron chi connectivity index (χ4n) is 4.17. The van der Waals surface area contributed by atoms with Crippen molar-refractivity contribution in [1.82, 2.24) is 9.97 Å². The lowest BCUT2D eigenvalue weighted by molar-refractivity contribution is -0.662. The molecule has 0 aliphatic carbocycles. The molecule has 0 unspecified atom stereocenters. The lowest BCUT2D eigenvalue weighted by Crippen LogP contribution is -2.32. The van der Waals surface area contributed by atoms with Crippen molar-refractivity contribution in [2.45, 2.75) is 41.0 Å². The van der Waals surface area contributed by atoms with Crippen LogP contribution in [0.5, 0.6) is 0 Å². The summed E-state index contributed by atoms with van der Waals surface area (Å²) in [7, 11) is 2.07. The van der Waals surface area contributed by atoms with E-state index in [4.69, 9.17) is 4.98 Å². The first-order valence-corrected chi connectivity index (χ1v) is 10.7. The average molecular weight is 397 g/mol. The maximum Gasteiger partial charge on any atom is 0.287 e. The third-order valence-electron chi connectivity index (χ3n) is 5.82. The second-order valence-corrected chi connectivity index (χ2v) is 8.83. The smallest absolute Gasteiger partial charge is 0.261 e. The van der Waals surface area contributed by atoms with Crippen LogP contribution in [0.25, 0.3) is 33.3 Å². The zero-order valence-electron chi connectivity index (χ0n) is 18.8. The van der Waals surface area contributed by atoms with E-state index in [1.54, 1.807) is 0 Å². The summed E-state index contributed by atoms with van der Waals surface area (Å²) < 4.78 is 2.13. The number of hydrogen-bond donors (Lipinski definition) is 0. The van der Waals surface area contributed by atoms with Gasteiger partial charge in [-0.25, -0.2) is 4.57 Å². The van der Waals surface area contributed by atoms with Gasteiger partial charge in [0.2, 0.25) is 0 Å². The van der Waals surface area contributed by atoms with Crippen molar-refractivity contribution in [3.8, 4) is 22.4 Å². The molecule has 0 fully saturated rings. The highest BCUT2D eigenvalue weighted by atomic mass is 15.0. The Bertz CT molecular complexity index is 1220. The molecule has 4 aromatic rings. The molecule has 3 heteroatoms. The van der Waals surface area contributed by atoms with Gasteiger partial charge in [-0.1, -0.05) is 37.6 Å². The fraction of sp³-hybridized carbons (Fsp3) is 0.296. The van der Waals surface area contributed by atoms with Crippen molar-refractivity contribution in [2.75, 3.05) is 0 Å². The van der Waals surface area contributed by atoms with E-state index in [-0.39, 0.29) is 0 Å². The lowest BCUT2D eigenvalue weighted by Gasteiger charge is -2.13. The maximum absolute atomic E-state index is 4.73. The van der Waals surface area contributed by atoms with Gasteiger partial charge in [0, 0.05) is 23.0 Å². The molecule has 0 aliphatic rings. The number of nitrogens with zero attached hydrogens (tertiary/aromatic N) is 3. The zero-order chi connectivity index (χ0) is 21.4. The van der Waals surface area contributed by atoms with Crippen LogP contribution in [0.2, 0.25) is 0 Å². The Labute approximate surface area is 179 Å². The summed E-state index contributed by atoms with van der Waals surface area (Å²) in [5.74, 6) is 0.612.